The van der Waals surface area contributed by atoms with E-state index in [1.165, 1.54) is 17.5 Å². The van der Waals surface area contributed by atoms with Crippen LogP contribution in [0.5, 0.6) is 0 Å². The molecule has 3 aromatic heterocycles. The first-order valence-corrected chi connectivity index (χ1v) is 9.37. The lowest BCUT2D eigenvalue weighted by molar-refractivity contribution is -0.612. The molecule has 0 atom stereocenters. The second kappa shape index (κ2) is 7.40. The Balaban J connectivity index is 2.19. The third-order valence-electron chi connectivity index (χ3n) is 3.92. The number of pyridine rings is 1. The maximum atomic E-state index is 12.0. The molecule has 0 fully saturated rings. The second-order valence-corrected chi connectivity index (χ2v) is 8.12. The molecule has 3 aromatic rings. The van der Waals surface area contributed by atoms with Gasteiger partial charge in [-0.2, -0.15) is 9.83 Å². The molecule has 26 heavy (non-hydrogen) atoms. The van der Waals surface area contributed by atoms with Crippen molar-refractivity contribution in [2.24, 2.45) is 5.92 Å². The van der Waals surface area contributed by atoms with Crippen molar-refractivity contribution in [3.8, 4) is 34.0 Å². The predicted molar refractivity (Wildman–Crippen MR) is 107 cm³/mol. The summed E-state index contributed by atoms with van der Waals surface area (Å²) in [6, 6.07) is 5.49. The summed E-state index contributed by atoms with van der Waals surface area (Å²) in [7, 11) is 0. The smallest absolute Gasteiger partial charge is 0.228 e. The van der Waals surface area contributed by atoms with Crippen LogP contribution in [0.15, 0.2) is 30.6 Å². The minimum Gasteiger partial charge on any atom is -0.618 e. The monoisotopic (exact) mass is 386 g/mol. The number of terminal acetylenes is 1. The highest BCUT2D eigenvalue weighted by Gasteiger charge is 2.21. The van der Waals surface area contributed by atoms with Crippen LogP contribution in [0.4, 0.5) is 5.69 Å². The maximum Gasteiger partial charge on any atom is 0.228 e. The van der Waals surface area contributed by atoms with Crippen LogP contribution in [0.25, 0.3) is 21.7 Å². The van der Waals surface area contributed by atoms with Crippen molar-refractivity contribution in [3.63, 3.8) is 0 Å². The van der Waals surface area contributed by atoms with E-state index in [-0.39, 0.29) is 6.42 Å². The Bertz CT molecular complexity index is 984. The van der Waals surface area contributed by atoms with Crippen molar-refractivity contribution in [2.75, 3.05) is 5.73 Å². The summed E-state index contributed by atoms with van der Waals surface area (Å²) in [5.41, 5.74) is 9.45. The molecule has 0 spiro atoms. The molecule has 7 heteroatoms. The van der Waals surface area contributed by atoms with Crippen molar-refractivity contribution in [1.82, 2.24) is 9.78 Å². The quantitative estimate of drug-likeness (QED) is 0.409. The van der Waals surface area contributed by atoms with Crippen molar-refractivity contribution < 1.29 is 4.73 Å². The van der Waals surface area contributed by atoms with Crippen LogP contribution in [-0.2, 0) is 13.0 Å². The van der Waals surface area contributed by atoms with Gasteiger partial charge in [-0.15, -0.1) is 17.8 Å². The van der Waals surface area contributed by atoms with Gasteiger partial charge in [-0.1, -0.05) is 31.4 Å². The number of nitrogen functional groups attached to an aromatic ring is 1. The number of halogens is 1. The summed E-state index contributed by atoms with van der Waals surface area (Å²) in [4.78, 5) is 0.948. The van der Waals surface area contributed by atoms with Gasteiger partial charge in [0.1, 0.15) is 11.4 Å². The number of rotatable bonds is 5. The SMILES string of the molecule is C#CCc1c(N)c(-c2cn(CC(C)C)nc2-c2ccc(Cl)s2)cc[n+]1[O-]. The third-order valence-corrected chi connectivity index (χ3v) is 5.16. The lowest BCUT2D eigenvalue weighted by Crippen LogP contribution is -2.32. The van der Waals surface area contributed by atoms with Crippen LogP contribution < -0.4 is 10.5 Å². The van der Waals surface area contributed by atoms with E-state index in [2.05, 4.69) is 19.8 Å². The molecular formula is C19H19ClN4OS. The number of nitrogens with two attached hydrogens (primary N) is 1. The van der Waals surface area contributed by atoms with Gasteiger partial charge in [0.25, 0.3) is 0 Å². The molecule has 134 valence electrons. The van der Waals surface area contributed by atoms with Crippen molar-refractivity contribution in [2.45, 2.75) is 26.8 Å². The Morgan fingerprint density at radius 3 is 2.77 bits per heavy atom. The number of nitrogens with zero attached hydrogens (tertiary/aromatic N) is 3. The molecule has 0 unspecified atom stereocenters. The number of hydrogen-bond donors (Lipinski definition) is 1. The third kappa shape index (κ3) is 3.55. The van der Waals surface area contributed by atoms with Gasteiger partial charge in [-0.25, -0.2) is 0 Å². The van der Waals surface area contributed by atoms with E-state index >= 15 is 0 Å². The van der Waals surface area contributed by atoms with E-state index in [9.17, 15) is 5.21 Å². The van der Waals surface area contributed by atoms with Gasteiger partial charge in [0.2, 0.25) is 5.69 Å². The van der Waals surface area contributed by atoms with Crippen molar-refractivity contribution >= 4 is 28.6 Å². The van der Waals surface area contributed by atoms with Gasteiger partial charge in [-0.3, -0.25) is 4.68 Å². The molecule has 0 aliphatic heterocycles. The molecule has 0 saturated carbocycles. The van der Waals surface area contributed by atoms with E-state index in [1.807, 2.05) is 23.0 Å². The molecular weight excluding hydrogens is 368 g/mol. The van der Waals surface area contributed by atoms with E-state index in [0.717, 1.165) is 33.0 Å². The molecule has 0 saturated heterocycles. The van der Waals surface area contributed by atoms with Gasteiger partial charge < -0.3 is 10.9 Å². The lowest BCUT2D eigenvalue weighted by atomic mass is 10.0. The minimum atomic E-state index is 0.170. The average Bonchev–Trinajstić information content (AvgIpc) is 3.17. The van der Waals surface area contributed by atoms with Crippen LogP contribution in [0.3, 0.4) is 0 Å². The molecule has 0 radical (unpaired) electrons. The fourth-order valence-electron chi connectivity index (χ4n) is 2.81. The van der Waals surface area contributed by atoms with Gasteiger partial charge >= 0.3 is 0 Å². The number of hydrogen-bond acceptors (Lipinski definition) is 4. The highest BCUT2D eigenvalue weighted by atomic mass is 35.5. The highest BCUT2D eigenvalue weighted by molar-refractivity contribution is 7.19. The van der Waals surface area contributed by atoms with Crippen LogP contribution in [0.2, 0.25) is 4.34 Å². The first-order chi connectivity index (χ1) is 12.4. The first kappa shape index (κ1) is 18.3. The summed E-state index contributed by atoms with van der Waals surface area (Å²) in [5, 5.41) is 16.8. The fourth-order valence-corrected chi connectivity index (χ4v) is 3.85. The Labute approximate surface area is 161 Å². The lowest BCUT2D eigenvalue weighted by Gasteiger charge is -2.09. The van der Waals surface area contributed by atoms with E-state index in [4.69, 9.17) is 28.9 Å². The summed E-state index contributed by atoms with van der Waals surface area (Å²) in [6.45, 7) is 5.04. The number of anilines is 1. The molecule has 3 heterocycles. The topological polar surface area (TPSA) is 70.8 Å². The average molecular weight is 387 g/mol. The second-order valence-electron chi connectivity index (χ2n) is 6.41. The zero-order valence-electron chi connectivity index (χ0n) is 14.6. The van der Waals surface area contributed by atoms with Gasteiger partial charge in [0.15, 0.2) is 6.20 Å². The van der Waals surface area contributed by atoms with Crippen LogP contribution in [-0.4, -0.2) is 9.78 Å². The maximum absolute atomic E-state index is 12.0. The molecule has 0 aromatic carbocycles. The molecule has 0 aliphatic rings. The van der Waals surface area contributed by atoms with E-state index in [1.54, 1.807) is 6.07 Å². The van der Waals surface area contributed by atoms with Gasteiger partial charge in [0, 0.05) is 29.9 Å². The number of aromatic nitrogens is 3. The molecule has 3 rings (SSSR count). The fraction of sp³-hybridized carbons (Fsp3) is 0.263. The summed E-state index contributed by atoms with van der Waals surface area (Å²) >= 11 is 7.57. The Hall–Kier alpha value is -2.49. The predicted octanol–water partition coefficient (Wildman–Crippen LogP) is 3.98. The van der Waals surface area contributed by atoms with E-state index < -0.39 is 0 Å². The van der Waals surface area contributed by atoms with Crippen LogP contribution >= 0.6 is 22.9 Å². The molecule has 5 nitrogen and oxygen atoms in total. The Morgan fingerprint density at radius 1 is 1.38 bits per heavy atom. The normalized spacial score (nSPS) is 11.0. The standard InChI is InChI=1S/C19H19ClN4OS/c1-4-5-15-18(21)13(8-9-24(15)25)14-11-23(10-12(2)3)22-19(14)16-6-7-17(20)26-16/h1,6-9,11-12H,5,10,21H2,2-3H3. The minimum absolute atomic E-state index is 0.170. The van der Waals surface area contributed by atoms with Crippen LogP contribution in [0, 0.1) is 23.5 Å². The summed E-state index contributed by atoms with van der Waals surface area (Å²) in [6.07, 6.45) is 8.95. The van der Waals surface area contributed by atoms with Gasteiger partial charge in [-0.05, 0) is 18.1 Å². The Kier molecular flexibility index (Phi) is 5.21. The zero-order valence-corrected chi connectivity index (χ0v) is 16.1. The molecule has 2 N–H and O–H groups in total. The van der Waals surface area contributed by atoms with E-state index in [0.29, 0.717) is 21.6 Å². The molecule has 0 bridgehead atoms. The largest absolute Gasteiger partial charge is 0.618 e. The molecule has 0 aliphatic carbocycles. The highest BCUT2D eigenvalue weighted by Crippen LogP contribution is 2.39. The molecule has 0 amide bonds. The Morgan fingerprint density at radius 2 is 2.15 bits per heavy atom. The number of thiophene rings is 1. The zero-order chi connectivity index (χ0) is 18.8. The van der Waals surface area contributed by atoms with Crippen LogP contribution in [0.1, 0.15) is 19.5 Å². The first-order valence-electron chi connectivity index (χ1n) is 8.18. The summed E-state index contributed by atoms with van der Waals surface area (Å²) in [5.74, 6) is 2.93. The van der Waals surface area contributed by atoms with Crippen molar-refractivity contribution in [3.05, 3.63) is 45.8 Å². The van der Waals surface area contributed by atoms with Gasteiger partial charge in [0.05, 0.1) is 15.6 Å². The van der Waals surface area contributed by atoms with Crippen molar-refractivity contribution in [1.29, 1.82) is 0 Å². The summed E-state index contributed by atoms with van der Waals surface area (Å²) < 4.78 is 3.32.